The molecule has 108 valence electrons. The predicted octanol–water partition coefficient (Wildman–Crippen LogP) is 2.49. The lowest BCUT2D eigenvalue weighted by Crippen LogP contribution is -2.33. The monoisotopic (exact) mass is 293 g/mol. The molecule has 4 nitrogen and oxygen atoms in total. The number of anilines is 2. The Labute approximate surface area is 124 Å². The van der Waals surface area contributed by atoms with Gasteiger partial charge in [-0.3, -0.25) is 4.79 Å². The number of hydrogen-bond donors (Lipinski definition) is 2. The summed E-state index contributed by atoms with van der Waals surface area (Å²) >= 11 is 6.23. The summed E-state index contributed by atoms with van der Waals surface area (Å²) in [6.45, 7) is 0. The largest absolute Gasteiger partial charge is 0.375 e. The summed E-state index contributed by atoms with van der Waals surface area (Å²) in [5.41, 5.74) is 1.65. The summed E-state index contributed by atoms with van der Waals surface area (Å²) in [5, 5.41) is 7.20. The van der Waals surface area contributed by atoms with Crippen LogP contribution in [0.3, 0.4) is 0 Å². The summed E-state index contributed by atoms with van der Waals surface area (Å²) in [7, 11) is 3.85. The lowest BCUT2D eigenvalue weighted by Gasteiger charge is -2.23. The minimum absolute atomic E-state index is 0.0859. The molecule has 20 heavy (non-hydrogen) atoms. The first-order valence-corrected chi connectivity index (χ1v) is 7.47. The van der Waals surface area contributed by atoms with Gasteiger partial charge in [0.15, 0.2) is 0 Å². The number of amides is 1. The molecule has 0 radical (unpaired) electrons. The van der Waals surface area contributed by atoms with Crippen molar-refractivity contribution in [3.05, 3.63) is 23.2 Å². The number of nitrogens with one attached hydrogen (secondary N) is 2. The molecule has 2 heterocycles. The second-order valence-electron chi connectivity index (χ2n) is 5.91. The van der Waals surface area contributed by atoms with E-state index in [1.54, 1.807) is 0 Å². The molecule has 0 aliphatic carbocycles. The fourth-order valence-electron chi connectivity index (χ4n) is 3.41. The van der Waals surface area contributed by atoms with Gasteiger partial charge in [-0.25, -0.2) is 0 Å². The summed E-state index contributed by atoms with van der Waals surface area (Å²) in [6.07, 6.45) is 3.27. The average molecular weight is 294 g/mol. The number of carbonyl (C=O) groups excluding carboxylic acids is 1. The van der Waals surface area contributed by atoms with Crippen molar-refractivity contribution in [2.75, 3.05) is 24.3 Å². The molecule has 0 saturated carbocycles. The predicted molar refractivity (Wildman–Crippen MR) is 82.5 cm³/mol. The van der Waals surface area contributed by atoms with Crippen molar-refractivity contribution < 1.29 is 4.79 Å². The third kappa shape index (κ3) is 2.38. The molecular formula is C15H20ClN3O. The highest BCUT2D eigenvalue weighted by Gasteiger charge is 2.42. The van der Waals surface area contributed by atoms with Crippen LogP contribution in [0.25, 0.3) is 0 Å². The molecule has 1 aromatic carbocycles. The molecule has 0 aromatic heterocycles. The van der Waals surface area contributed by atoms with Crippen molar-refractivity contribution in [1.29, 1.82) is 0 Å². The molecule has 2 bridgehead atoms. The van der Waals surface area contributed by atoms with Crippen LogP contribution in [-0.2, 0) is 4.79 Å². The van der Waals surface area contributed by atoms with Gasteiger partial charge in [0, 0.05) is 26.2 Å². The Kier molecular flexibility index (Phi) is 3.61. The van der Waals surface area contributed by atoms with E-state index < -0.39 is 0 Å². The molecule has 2 aliphatic heterocycles. The van der Waals surface area contributed by atoms with E-state index in [1.807, 2.05) is 37.2 Å². The third-order valence-corrected chi connectivity index (χ3v) is 4.63. The van der Waals surface area contributed by atoms with Crippen molar-refractivity contribution in [2.45, 2.75) is 31.3 Å². The molecule has 2 N–H and O–H groups in total. The fourth-order valence-corrected chi connectivity index (χ4v) is 3.75. The smallest absolute Gasteiger partial charge is 0.229 e. The number of para-hydroxylation sites is 1. The van der Waals surface area contributed by atoms with Gasteiger partial charge in [0.05, 0.1) is 22.3 Å². The van der Waals surface area contributed by atoms with E-state index in [4.69, 9.17) is 11.6 Å². The lowest BCUT2D eigenvalue weighted by atomic mass is 9.88. The van der Waals surface area contributed by atoms with Gasteiger partial charge in [0.2, 0.25) is 5.91 Å². The average Bonchev–Trinajstić information content (AvgIpc) is 3.00. The van der Waals surface area contributed by atoms with E-state index in [0.29, 0.717) is 17.1 Å². The SMILES string of the molecule is CN(C)c1c(Cl)cccc1NC(=O)C1CC2CCC1N2. The van der Waals surface area contributed by atoms with Crippen LogP contribution in [0.2, 0.25) is 5.02 Å². The topological polar surface area (TPSA) is 44.4 Å². The van der Waals surface area contributed by atoms with Crippen molar-refractivity contribution in [1.82, 2.24) is 5.32 Å². The second kappa shape index (κ2) is 5.26. The summed E-state index contributed by atoms with van der Waals surface area (Å²) in [6, 6.07) is 6.49. The molecule has 3 unspecified atom stereocenters. The van der Waals surface area contributed by atoms with Crippen LogP contribution in [0.1, 0.15) is 19.3 Å². The van der Waals surface area contributed by atoms with Crippen LogP contribution in [0.15, 0.2) is 18.2 Å². The van der Waals surface area contributed by atoms with E-state index in [9.17, 15) is 4.79 Å². The third-order valence-electron chi connectivity index (χ3n) is 4.33. The van der Waals surface area contributed by atoms with Crippen LogP contribution in [0.4, 0.5) is 11.4 Å². The molecular weight excluding hydrogens is 274 g/mol. The lowest BCUT2D eigenvalue weighted by molar-refractivity contribution is -0.120. The maximum atomic E-state index is 12.5. The van der Waals surface area contributed by atoms with Gasteiger partial charge in [-0.15, -0.1) is 0 Å². The number of hydrogen-bond acceptors (Lipinski definition) is 3. The van der Waals surface area contributed by atoms with Gasteiger partial charge in [0.25, 0.3) is 0 Å². The van der Waals surface area contributed by atoms with Gasteiger partial charge < -0.3 is 15.5 Å². The maximum absolute atomic E-state index is 12.5. The Morgan fingerprint density at radius 3 is 2.80 bits per heavy atom. The van der Waals surface area contributed by atoms with Crippen molar-refractivity contribution in [3.63, 3.8) is 0 Å². The molecule has 1 aromatic rings. The number of rotatable bonds is 3. The Bertz CT molecular complexity index is 532. The molecule has 3 rings (SSSR count). The number of nitrogens with zero attached hydrogens (tertiary/aromatic N) is 1. The Morgan fingerprint density at radius 1 is 1.40 bits per heavy atom. The first kappa shape index (κ1) is 13.7. The Morgan fingerprint density at radius 2 is 2.20 bits per heavy atom. The van der Waals surface area contributed by atoms with E-state index in [1.165, 1.54) is 6.42 Å². The number of benzene rings is 1. The molecule has 2 aliphatic rings. The number of halogens is 1. The molecule has 2 saturated heterocycles. The van der Waals surface area contributed by atoms with E-state index in [-0.39, 0.29) is 11.8 Å². The number of fused-ring (bicyclic) bond motifs is 2. The zero-order valence-corrected chi connectivity index (χ0v) is 12.6. The zero-order valence-electron chi connectivity index (χ0n) is 11.8. The molecule has 2 fully saturated rings. The maximum Gasteiger partial charge on any atom is 0.229 e. The van der Waals surface area contributed by atoms with Gasteiger partial charge in [-0.1, -0.05) is 17.7 Å². The minimum Gasteiger partial charge on any atom is -0.375 e. The van der Waals surface area contributed by atoms with Crippen LogP contribution < -0.4 is 15.5 Å². The van der Waals surface area contributed by atoms with Gasteiger partial charge in [0.1, 0.15) is 0 Å². The highest BCUT2D eigenvalue weighted by molar-refractivity contribution is 6.34. The van der Waals surface area contributed by atoms with Gasteiger partial charge >= 0.3 is 0 Å². The standard InChI is InChI=1S/C15H20ClN3O/c1-19(2)14-11(16)4-3-5-13(14)18-15(20)10-8-9-6-7-12(10)17-9/h3-5,9-10,12,17H,6-8H2,1-2H3,(H,18,20). The summed E-state index contributed by atoms with van der Waals surface area (Å²) < 4.78 is 0. The van der Waals surface area contributed by atoms with E-state index in [2.05, 4.69) is 10.6 Å². The van der Waals surface area contributed by atoms with Crippen LogP contribution in [0.5, 0.6) is 0 Å². The normalized spacial score (nSPS) is 27.6. The molecule has 0 spiro atoms. The fraction of sp³-hybridized carbons (Fsp3) is 0.533. The number of carbonyl (C=O) groups is 1. The highest BCUT2D eigenvalue weighted by Crippen LogP contribution is 2.36. The first-order valence-electron chi connectivity index (χ1n) is 7.09. The van der Waals surface area contributed by atoms with Crippen molar-refractivity contribution >= 4 is 28.9 Å². The molecule has 1 amide bonds. The Hall–Kier alpha value is -1.26. The molecule has 5 heteroatoms. The summed E-state index contributed by atoms with van der Waals surface area (Å²) in [5.74, 6) is 0.192. The zero-order chi connectivity index (χ0) is 14.3. The van der Waals surface area contributed by atoms with E-state index in [0.717, 1.165) is 24.2 Å². The van der Waals surface area contributed by atoms with Gasteiger partial charge in [-0.2, -0.15) is 0 Å². The van der Waals surface area contributed by atoms with Gasteiger partial charge in [-0.05, 0) is 31.4 Å². The molecule has 3 atom stereocenters. The minimum atomic E-state index is 0.0859. The van der Waals surface area contributed by atoms with Crippen LogP contribution in [-0.4, -0.2) is 32.1 Å². The Balaban J connectivity index is 1.78. The quantitative estimate of drug-likeness (QED) is 0.900. The summed E-state index contributed by atoms with van der Waals surface area (Å²) in [4.78, 5) is 14.4. The second-order valence-corrected chi connectivity index (χ2v) is 6.32. The van der Waals surface area contributed by atoms with Crippen molar-refractivity contribution in [2.24, 2.45) is 5.92 Å². The van der Waals surface area contributed by atoms with E-state index >= 15 is 0 Å². The van der Waals surface area contributed by atoms with Crippen molar-refractivity contribution in [3.8, 4) is 0 Å². The van der Waals surface area contributed by atoms with Crippen LogP contribution in [0, 0.1) is 5.92 Å². The first-order chi connectivity index (χ1) is 9.56. The highest BCUT2D eigenvalue weighted by atomic mass is 35.5. The van der Waals surface area contributed by atoms with Crippen LogP contribution >= 0.6 is 11.6 Å².